The van der Waals surface area contributed by atoms with Gasteiger partial charge in [0, 0.05) is 33.5 Å². The fourth-order valence-electron chi connectivity index (χ4n) is 2.42. The van der Waals surface area contributed by atoms with E-state index < -0.39 is 0 Å². The van der Waals surface area contributed by atoms with E-state index in [0.29, 0.717) is 5.02 Å². The van der Waals surface area contributed by atoms with Crippen molar-refractivity contribution >= 4 is 61.6 Å². The minimum absolute atomic E-state index is 0.690. The SMILES string of the molecule is Clc1c(Br)ccc2oc3cc4c(cc3c12)C=[C+]C=C4. The van der Waals surface area contributed by atoms with Gasteiger partial charge in [0.05, 0.1) is 22.2 Å². The van der Waals surface area contributed by atoms with E-state index >= 15 is 0 Å². The van der Waals surface area contributed by atoms with Gasteiger partial charge in [0.1, 0.15) is 23.3 Å². The van der Waals surface area contributed by atoms with Crippen LogP contribution in [-0.4, -0.2) is 0 Å². The number of allylic oxidation sites excluding steroid dienone is 2. The first-order chi connectivity index (χ1) is 9.24. The summed E-state index contributed by atoms with van der Waals surface area (Å²) in [6.45, 7) is 0. The van der Waals surface area contributed by atoms with Gasteiger partial charge < -0.3 is 4.42 Å². The molecule has 0 fully saturated rings. The second kappa shape index (κ2) is 3.94. The Bertz CT molecular complexity index is 887. The Morgan fingerprint density at radius 2 is 2.00 bits per heavy atom. The van der Waals surface area contributed by atoms with Gasteiger partial charge in [-0.1, -0.05) is 11.6 Å². The lowest BCUT2D eigenvalue weighted by Gasteiger charge is -1.98. The average Bonchev–Trinajstić information content (AvgIpc) is 2.78. The van der Waals surface area contributed by atoms with Gasteiger partial charge in [0.15, 0.2) is 0 Å². The van der Waals surface area contributed by atoms with E-state index in [1.54, 1.807) is 0 Å². The number of hydrogen-bond donors (Lipinski definition) is 0. The zero-order valence-corrected chi connectivity index (χ0v) is 12.0. The highest BCUT2D eigenvalue weighted by Gasteiger charge is 2.17. The average molecular weight is 331 g/mol. The molecule has 0 unspecified atom stereocenters. The van der Waals surface area contributed by atoms with E-state index in [1.165, 1.54) is 0 Å². The van der Waals surface area contributed by atoms with Crippen LogP contribution in [0, 0.1) is 6.08 Å². The highest BCUT2D eigenvalue weighted by molar-refractivity contribution is 9.10. The minimum Gasteiger partial charge on any atom is -0.456 e. The van der Waals surface area contributed by atoms with Crippen LogP contribution in [0.4, 0.5) is 0 Å². The van der Waals surface area contributed by atoms with Gasteiger partial charge in [0.2, 0.25) is 0 Å². The van der Waals surface area contributed by atoms with E-state index in [2.05, 4.69) is 28.1 Å². The highest BCUT2D eigenvalue weighted by Crippen LogP contribution is 2.39. The molecule has 1 aromatic heterocycles. The van der Waals surface area contributed by atoms with Gasteiger partial charge in [-0.2, -0.15) is 0 Å². The summed E-state index contributed by atoms with van der Waals surface area (Å²) < 4.78 is 6.76. The van der Waals surface area contributed by atoms with Crippen molar-refractivity contribution in [3.8, 4) is 0 Å². The monoisotopic (exact) mass is 329 g/mol. The molecule has 0 bridgehead atoms. The van der Waals surface area contributed by atoms with Crippen molar-refractivity contribution < 1.29 is 4.42 Å². The summed E-state index contributed by atoms with van der Waals surface area (Å²) in [5, 5.41) is 2.68. The quantitative estimate of drug-likeness (QED) is 0.472. The third-order valence-electron chi connectivity index (χ3n) is 3.33. The molecule has 0 atom stereocenters. The van der Waals surface area contributed by atoms with Gasteiger partial charge in [-0.05, 0) is 28.1 Å². The smallest absolute Gasteiger partial charge is 0.139 e. The van der Waals surface area contributed by atoms with Crippen LogP contribution in [-0.2, 0) is 0 Å². The maximum Gasteiger partial charge on any atom is 0.139 e. The molecule has 1 nitrogen and oxygen atoms in total. The topological polar surface area (TPSA) is 13.1 Å². The number of furan rings is 1. The Morgan fingerprint density at radius 1 is 1.11 bits per heavy atom. The van der Waals surface area contributed by atoms with Crippen molar-refractivity contribution in [1.29, 1.82) is 0 Å². The molecule has 19 heavy (non-hydrogen) atoms. The number of benzene rings is 2. The first-order valence-corrected chi connectivity index (χ1v) is 7.01. The fraction of sp³-hybridized carbons (Fsp3) is 0. The van der Waals surface area contributed by atoms with Gasteiger partial charge >= 0.3 is 0 Å². The lowest BCUT2D eigenvalue weighted by atomic mass is 10.00. The highest BCUT2D eigenvalue weighted by atomic mass is 79.9. The van der Waals surface area contributed by atoms with Crippen molar-refractivity contribution in [2.24, 2.45) is 0 Å². The van der Waals surface area contributed by atoms with Crippen LogP contribution < -0.4 is 0 Å². The zero-order chi connectivity index (χ0) is 13.0. The van der Waals surface area contributed by atoms with Crippen molar-refractivity contribution in [3.63, 3.8) is 0 Å². The maximum absolute atomic E-state index is 6.38. The first-order valence-electron chi connectivity index (χ1n) is 5.84. The molecule has 1 aliphatic rings. The molecule has 0 amide bonds. The van der Waals surface area contributed by atoms with Crippen molar-refractivity contribution in [1.82, 2.24) is 0 Å². The molecule has 1 heterocycles. The van der Waals surface area contributed by atoms with Crippen LogP contribution in [0.3, 0.4) is 0 Å². The third kappa shape index (κ3) is 1.58. The molecule has 0 saturated carbocycles. The predicted molar refractivity (Wildman–Crippen MR) is 83.2 cm³/mol. The molecule has 0 aliphatic heterocycles. The molecule has 90 valence electrons. The maximum atomic E-state index is 6.38. The second-order valence-corrected chi connectivity index (χ2v) is 5.69. The van der Waals surface area contributed by atoms with Crippen LogP contribution >= 0.6 is 27.5 Å². The van der Waals surface area contributed by atoms with Crippen LogP contribution in [0.15, 0.2) is 39.2 Å². The largest absolute Gasteiger partial charge is 0.456 e. The van der Waals surface area contributed by atoms with E-state index in [-0.39, 0.29) is 0 Å². The Morgan fingerprint density at radius 3 is 2.89 bits per heavy atom. The van der Waals surface area contributed by atoms with Gasteiger partial charge in [-0.25, -0.2) is 0 Å². The number of fused-ring (bicyclic) bond motifs is 4. The first kappa shape index (κ1) is 11.2. The normalized spacial score (nSPS) is 12.9. The summed E-state index contributed by atoms with van der Waals surface area (Å²) in [6, 6.07) is 7.98. The van der Waals surface area contributed by atoms with E-state index in [0.717, 1.165) is 37.5 Å². The van der Waals surface area contributed by atoms with E-state index in [4.69, 9.17) is 16.0 Å². The number of hydrogen-bond acceptors (Lipinski definition) is 1. The summed E-state index contributed by atoms with van der Waals surface area (Å²) in [5.41, 5.74) is 3.94. The molecular formula is C16H7BrClO+. The van der Waals surface area contributed by atoms with Gasteiger partial charge in [0.25, 0.3) is 0 Å². The molecule has 4 rings (SSSR count). The Hall–Kier alpha value is -1.60. The molecule has 3 aromatic rings. The molecule has 2 aromatic carbocycles. The third-order valence-corrected chi connectivity index (χ3v) is 4.61. The van der Waals surface area contributed by atoms with Crippen LogP contribution in [0.5, 0.6) is 0 Å². The summed E-state index contributed by atoms with van der Waals surface area (Å²) in [6.07, 6.45) is 9.00. The molecule has 0 N–H and O–H groups in total. The summed E-state index contributed by atoms with van der Waals surface area (Å²) in [5.74, 6) is 0. The van der Waals surface area contributed by atoms with Crippen molar-refractivity contribution in [2.45, 2.75) is 0 Å². The van der Waals surface area contributed by atoms with E-state index in [1.807, 2.05) is 36.4 Å². The van der Waals surface area contributed by atoms with Gasteiger partial charge in [-0.15, -0.1) is 0 Å². The number of rotatable bonds is 0. The summed E-state index contributed by atoms with van der Waals surface area (Å²) in [4.78, 5) is 0. The lowest BCUT2D eigenvalue weighted by Crippen LogP contribution is -1.84. The van der Waals surface area contributed by atoms with Gasteiger partial charge in [-0.3, -0.25) is 0 Å². The molecule has 0 spiro atoms. The summed E-state index contributed by atoms with van der Waals surface area (Å²) >= 11 is 9.84. The Balaban J connectivity index is 2.21. The van der Waals surface area contributed by atoms with E-state index in [9.17, 15) is 0 Å². The van der Waals surface area contributed by atoms with Crippen molar-refractivity contribution in [2.75, 3.05) is 0 Å². The van der Waals surface area contributed by atoms with Crippen LogP contribution in [0.25, 0.3) is 34.1 Å². The second-order valence-electron chi connectivity index (χ2n) is 4.46. The molecule has 0 saturated heterocycles. The molecular weight excluding hydrogens is 324 g/mol. The predicted octanol–water partition coefficient (Wildman–Crippen LogP) is 5.85. The zero-order valence-electron chi connectivity index (χ0n) is 9.71. The fourth-order valence-corrected chi connectivity index (χ4v) is 3.01. The minimum atomic E-state index is 0.690. The molecule has 1 aliphatic carbocycles. The van der Waals surface area contributed by atoms with Crippen LogP contribution in [0.1, 0.15) is 11.1 Å². The Kier molecular flexibility index (Phi) is 2.33. The Labute approximate surface area is 123 Å². The lowest BCUT2D eigenvalue weighted by molar-refractivity contribution is 0.669. The molecule has 0 radical (unpaired) electrons. The molecule has 3 heteroatoms. The standard InChI is InChI=1S/C16H7BrClO/c17-12-5-6-13-15(16(12)18)11-7-9-3-1-2-4-10(9)8-14(11)19-13/h2-8H/q+1. The summed E-state index contributed by atoms with van der Waals surface area (Å²) in [7, 11) is 0. The number of halogens is 2. The van der Waals surface area contributed by atoms with Crippen LogP contribution in [0.2, 0.25) is 5.02 Å². The van der Waals surface area contributed by atoms with Crippen molar-refractivity contribution in [3.05, 3.63) is 57.0 Å².